The van der Waals surface area contributed by atoms with Gasteiger partial charge in [-0.15, -0.1) is 11.8 Å². The standard InChI is InChI=1S/C40H31ClS2/c41-40-30(22-24-32-26-38(28-12-3-1-4-13-28)42-36-20-9-7-18-34(32)36)16-11-17-31(40)23-25-33-27-39(29-14-5-2-6-15-29)43-37-21-10-8-19-35(33)37/h1-10,12-15,18-27,36H,11,16-17H2/b24-22+,31-23+,33-25+. The highest BCUT2D eigenvalue weighted by molar-refractivity contribution is 8.09. The van der Waals surface area contributed by atoms with Crippen molar-refractivity contribution >= 4 is 50.5 Å². The molecule has 2 aliphatic carbocycles. The lowest BCUT2D eigenvalue weighted by atomic mass is 9.92. The Balaban J connectivity index is 1.21. The summed E-state index contributed by atoms with van der Waals surface area (Å²) in [5, 5.41) is 1.22. The molecule has 0 amide bonds. The van der Waals surface area contributed by atoms with Gasteiger partial charge in [-0.25, -0.2) is 0 Å². The fourth-order valence-electron chi connectivity index (χ4n) is 5.81. The van der Waals surface area contributed by atoms with E-state index in [1.165, 1.54) is 59.3 Å². The molecule has 4 aliphatic rings. The van der Waals surface area contributed by atoms with Gasteiger partial charge in [0.2, 0.25) is 0 Å². The normalized spacial score (nSPS) is 21.7. The lowest BCUT2D eigenvalue weighted by molar-refractivity contribution is 0.792. The predicted octanol–water partition coefficient (Wildman–Crippen LogP) is 12.0. The van der Waals surface area contributed by atoms with Crippen molar-refractivity contribution in [2.24, 2.45) is 0 Å². The highest BCUT2D eigenvalue weighted by Crippen LogP contribution is 2.45. The number of hydrogen-bond acceptors (Lipinski definition) is 2. The molecule has 0 saturated heterocycles. The second-order valence-electron chi connectivity index (χ2n) is 10.9. The zero-order chi connectivity index (χ0) is 29.0. The van der Waals surface area contributed by atoms with E-state index in [0.717, 1.165) is 24.3 Å². The van der Waals surface area contributed by atoms with E-state index in [1.54, 1.807) is 0 Å². The van der Waals surface area contributed by atoms with Crippen molar-refractivity contribution < 1.29 is 0 Å². The van der Waals surface area contributed by atoms with Crippen LogP contribution in [0.1, 0.15) is 36.0 Å². The van der Waals surface area contributed by atoms with Gasteiger partial charge in [-0.05, 0) is 82.0 Å². The Labute approximate surface area is 268 Å². The van der Waals surface area contributed by atoms with Gasteiger partial charge in [0.05, 0.1) is 5.25 Å². The minimum atomic E-state index is 0.327. The summed E-state index contributed by atoms with van der Waals surface area (Å²) in [4.78, 5) is 3.86. The van der Waals surface area contributed by atoms with E-state index < -0.39 is 0 Å². The highest BCUT2D eigenvalue weighted by Gasteiger charge is 2.23. The Morgan fingerprint density at radius 3 is 2.28 bits per heavy atom. The third-order valence-electron chi connectivity index (χ3n) is 8.06. The number of thioether (sulfide) groups is 2. The fraction of sp³-hybridized carbons (Fsp3) is 0.100. The van der Waals surface area contributed by atoms with Crippen LogP contribution in [-0.2, 0) is 0 Å². The molecule has 43 heavy (non-hydrogen) atoms. The lowest BCUT2D eigenvalue weighted by Gasteiger charge is -2.25. The second-order valence-corrected chi connectivity index (χ2v) is 13.5. The van der Waals surface area contributed by atoms with Gasteiger partial charge in [0.25, 0.3) is 0 Å². The van der Waals surface area contributed by atoms with Crippen LogP contribution in [0.3, 0.4) is 0 Å². The summed E-state index contributed by atoms with van der Waals surface area (Å²) in [6.07, 6.45) is 25.6. The van der Waals surface area contributed by atoms with Crippen LogP contribution in [0.5, 0.6) is 0 Å². The van der Waals surface area contributed by atoms with Crippen molar-refractivity contribution in [1.29, 1.82) is 0 Å². The molecule has 2 heterocycles. The minimum absolute atomic E-state index is 0.327. The van der Waals surface area contributed by atoms with Crippen molar-refractivity contribution in [2.45, 2.75) is 29.4 Å². The van der Waals surface area contributed by atoms with Crippen LogP contribution in [0, 0.1) is 0 Å². The molecule has 0 nitrogen and oxygen atoms in total. The molecule has 0 N–H and O–H groups in total. The molecular formula is C40H31ClS2. The molecule has 0 spiro atoms. The van der Waals surface area contributed by atoms with E-state index in [2.05, 4.69) is 146 Å². The number of benzene rings is 3. The van der Waals surface area contributed by atoms with Crippen molar-refractivity contribution in [1.82, 2.24) is 0 Å². The van der Waals surface area contributed by atoms with Crippen LogP contribution in [0.4, 0.5) is 0 Å². The third-order valence-corrected chi connectivity index (χ3v) is 11.0. The van der Waals surface area contributed by atoms with Crippen LogP contribution in [0.15, 0.2) is 178 Å². The SMILES string of the molecule is ClC1=C(/C=C/C2=C3C=CC=CC3SC(c3ccccc3)=C2)CCC/C1=C\C=C1/C=C(c2ccccc2)Sc2ccccc21. The summed E-state index contributed by atoms with van der Waals surface area (Å²) in [7, 11) is 0. The molecule has 0 fully saturated rings. The summed E-state index contributed by atoms with van der Waals surface area (Å²) in [5.74, 6) is 0. The average Bonchev–Trinajstić information content (AvgIpc) is 3.07. The van der Waals surface area contributed by atoms with Crippen molar-refractivity contribution in [2.75, 3.05) is 0 Å². The molecule has 0 bridgehead atoms. The second kappa shape index (κ2) is 12.9. The van der Waals surface area contributed by atoms with Crippen molar-refractivity contribution in [3.63, 3.8) is 0 Å². The molecular weight excluding hydrogens is 580 g/mol. The number of fused-ring (bicyclic) bond motifs is 2. The fourth-order valence-corrected chi connectivity index (χ4v) is 8.50. The predicted molar refractivity (Wildman–Crippen MR) is 190 cm³/mol. The first-order valence-electron chi connectivity index (χ1n) is 14.8. The first kappa shape index (κ1) is 28.1. The molecule has 0 radical (unpaired) electrons. The van der Waals surface area contributed by atoms with Crippen LogP contribution in [0.25, 0.3) is 15.4 Å². The van der Waals surface area contributed by atoms with Crippen molar-refractivity contribution in [3.8, 4) is 0 Å². The van der Waals surface area contributed by atoms with Gasteiger partial charge in [-0.3, -0.25) is 0 Å². The van der Waals surface area contributed by atoms with E-state index >= 15 is 0 Å². The average molecular weight is 611 g/mol. The van der Waals surface area contributed by atoms with Gasteiger partial charge >= 0.3 is 0 Å². The third kappa shape index (κ3) is 6.19. The Morgan fingerprint density at radius 1 is 0.721 bits per heavy atom. The summed E-state index contributed by atoms with van der Waals surface area (Å²) in [6, 6.07) is 30.0. The molecule has 210 valence electrons. The Hall–Kier alpha value is -3.69. The van der Waals surface area contributed by atoms with Gasteiger partial charge in [0.15, 0.2) is 0 Å². The largest absolute Gasteiger partial charge is 0.113 e. The Bertz CT molecular complexity index is 1830. The Kier molecular flexibility index (Phi) is 8.43. The van der Waals surface area contributed by atoms with E-state index in [-0.39, 0.29) is 0 Å². The van der Waals surface area contributed by atoms with Gasteiger partial charge in [0.1, 0.15) is 0 Å². The minimum Gasteiger partial charge on any atom is -0.113 e. The van der Waals surface area contributed by atoms with Gasteiger partial charge in [-0.2, -0.15) is 0 Å². The number of hydrogen-bond donors (Lipinski definition) is 0. The Morgan fingerprint density at radius 2 is 1.47 bits per heavy atom. The van der Waals surface area contributed by atoms with Crippen LogP contribution in [-0.4, -0.2) is 5.25 Å². The molecule has 7 rings (SSSR count). The number of allylic oxidation sites excluding steroid dienone is 14. The number of rotatable bonds is 5. The maximum Gasteiger partial charge on any atom is 0.0533 e. The smallest absolute Gasteiger partial charge is 0.0533 e. The van der Waals surface area contributed by atoms with E-state index in [4.69, 9.17) is 11.6 Å². The van der Waals surface area contributed by atoms with Crippen LogP contribution < -0.4 is 0 Å². The van der Waals surface area contributed by atoms with Crippen LogP contribution >= 0.6 is 35.1 Å². The molecule has 3 aromatic carbocycles. The van der Waals surface area contributed by atoms with Gasteiger partial charge in [-0.1, -0.05) is 151 Å². The zero-order valence-corrected chi connectivity index (χ0v) is 26.1. The quantitative estimate of drug-likeness (QED) is 0.282. The summed E-state index contributed by atoms with van der Waals surface area (Å²) in [5.41, 5.74) is 10.0. The topological polar surface area (TPSA) is 0 Å². The zero-order valence-electron chi connectivity index (χ0n) is 23.7. The maximum atomic E-state index is 7.12. The summed E-state index contributed by atoms with van der Waals surface area (Å²) in [6.45, 7) is 0. The van der Waals surface area contributed by atoms with Gasteiger partial charge in [0, 0.05) is 19.7 Å². The molecule has 2 aliphatic heterocycles. The number of halogens is 1. The molecule has 1 atom stereocenters. The van der Waals surface area contributed by atoms with E-state index in [1.807, 2.05) is 23.5 Å². The molecule has 0 saturated carbocycles. The maximum absolute atomic E-state index is 7.12. The van der Waals surface area contributed by atoms with Crippen LogP contribution in [0.2, 0.25) is 0 Å². The lowest BCUT2D eigenvalue weighted by Crippen LogP contribution is -2.10. The highest BCUT2D eigenvalue weighted by atomic mass is 35.5. The van der Waals surface area contributed by atoms with E-state index in [0.29, 0.717) is 5.25 Å². The first-order valence-corrected chi connectivity index (χ1v) is 16.9. The monoisotopic (exact) mass is 610 g/mol. The summed E-state index contributed by atoms with van der Waals surface area (Å²) >= 11 is 10.9. The van der Waals surface area contributed by atoms with E-state index in [9.17, 15) is 0 Å². The van der Waals surface area contributed by atoms with Crippen molar-refractivity contribution in [3.05, 3.63) is 190 Å². The molecule has 3 aromatic rings. The molecule has 0 aromatic heterocycles. The molecule has 3 heteroatoms. The first-order chi connectivity index (χ1) is 21.2. The summed E-state index contributed by atoms with van der Waals surface area (Å²) < 4.78 is 0. The van der Waals surface area contributed by atoms with Gasteiger partial charge < -0.3 is 0 Å². The molecule has 1 unspecified atom stereocenters.